The van der Waals surface area contributed by atoms with Gasteiger partial charge in [-0.3, -0.25) is 4.79 Å². The molecule has 1 aliphatic rings. The lowest BCUT2D eigenvalue weighted by atomic mass is 10.1. The molecular formula is C13H16N2O4. The van der Waals surface area contributed by atoms with Crippen LogP contribution in [0.2, 0.25) is 0 Å². The molecule has 19 heavy (non-hydrogen) atoms. The number of esters is 1. The monoisotopic (exact) mass is 264 g/mol. The van der Waals surface area contributed by atoms with E-state index in [1.54, 1.807) is 19.2 Å². The van der Waals surface area contributed by atoms with Crippen molar-refractivity contribution in [3.63, 3.8) is 0 Å². The minimum absolute atomic E-state index is 0.184. The zero-order chi connectivity index (χ0) is 14.0. The van der Waals surface area contributed by atoms with E-state index in [9.17, 15) is 9.59 Å². The van der Waals surface area contributed by atoms with Crippen molar-refractivity contribution >= 4 is 17.6 Å². The minimum atomic E-state index is -0.719. The maximum absolute atomic E-state index is 12.1. The number of ether oxygens (including phenoxy) is 2. The lowest BCUT2D eigenvalue weighted by molar-refractivity contribution is -0.133. The lowest BCUT2D eigenvalue weighted by Crippen LogP contribution is -2.29. The van der Waals surface area contributed by atoms with Gasteiger partial charge in [-0.05, 0) is 18.2 Å². The minimum Gasteiger partial charge on any atom is -0.496 e. The number of carbonyl (C=O) groups is 2. The number of anilines is 1. The smallest absolute Gasteiger partial charge is 0.342 e. The molecule has 1 aliphatic heterocycles. The van der Waals surface area contributed by atoms with Crippen LogP contribution < -0.4 is 10.5 Å². The first-order valence-corrected chi connectivity index (χ1v) is 5.92. The number of nitrogen functional groups attached to an aromatic ring is 1. The fourth-order valence-corrected chi connectivity index (χ4v) is 1.98. The summed E-state index contributed by atoms with van der Waals surface area (Å²) in [7, 11) is 3.13. The zero-order valence-corrected chi connectivity index (χ0v) is 10.9. The lowest BCUT2D eigenvalue weighted by Gasteiger charge is -2.13. The van der Waals surface area contributed by atoms with Crippen LogP contribution in [0.3, 0.4) is 0 Å². The maximum Gasteiger partial charge on any atom is 0.342 e. The molecule has 0 aromatic heterocycles. The van der Waals surface area contributed by atoms with Crippen LogP contribution >= 0.6 is 0 Å². The van der Waals surface area contributed by atoms with Crippen LogP contribution in [0.15, 0.2) is 18.2 Å². The Hall–Kier alpha value is -2.24. The molecule has 6 nitrogen and oxygen atoms in total. The average Bonchev–Trinajstić information content (AvgIpc) is 2.70. The second kappa shape index (κ2) is 5.17. The molecule has 2 N–H and O–H groups in total. The predicted molar refractivity (Wildman–Crippen MR) is 68.9 cm³/mol. The van der Waals surface area contributed by atoms with Crippen molar-refractivity contribution in [1.82, 2.24) is 4.90 Å². The molecule has 0 spiro atoms. The van der Waals surface area contributed by atoms with Gasteiger partial charge in [-0.1, -0.05) is 0 Å². The molecule has 2 rings (SSSR count). The summed E-state index contributed by atoms with van der Waals surface area (Å²) in [6.07, 6.45) is -0.213. The third-order valence-electron chi connectivity index (χ3n) is 3.07. The van der Waals surface area contributed by atoms with Gasteiger partial charge >= 0.3 is 5.97 Å². The van der Waals surface area contributed by atoms with E-state index in [2.05, 4.69) is 0 Å². The number of nitrogens with zero attached hydrogens (tertiary/aromatic N) is 1. The highest BCUT2D eigenvalue weighted by Gasteiger charge is 2.33. The first kappa shape index (κ1) is 13.2. The Kier molecular flexibility index (Phi) is 3.59. The van der Waals surface area contributed by atoms with Gasteiger partial charge < -0.3 is 20.1 Å². The molecule has 1 saturated heterocycles. The fourth-order valence-electron chi connectivity index (χ4n) is 1.98. The Morgan fingerprint density at radius 3 is 2.79 bits per heavy atom. The Morgan fingerprint density at radius 2 is 2.21 bits per heavy atom. The van der Waals surface area contributed by atoms with E-state index in [-0.39, 0.29) is 11.5 Å². The van der Waals surface area contributed by atoms with Gasteiger partial charge in [0.1, 0.15) is 11.3 Å². The van der Waals surface area contributed by atoms with Gasteiger partial charge in [-0.2, -0.15) is 0 Å². The summed E-state index contributed by atoms with van der Waals surface area (Å²) in [5.41, 5.74) is 6.30. The number of nitrogens with two attached hydrogens (primary N) is 1. The number of benzene rings is 1. The van der Waals surface area contributed by atoms with Gasteiger partial charge in [-0.15, -0.1) is 0 Å². The van der Waals surface area contributed by atoms with Gasteiger partial charge in [0.15, 0.2) is 6.10 Å². The van der Waals surface area contributed by atoms with Crippen LogP contribution in [-0.4, -0.2) is 43.6 Å². The molecule has 0 bridgehead atoms. The van der Waals surface area contributed by atoms with Crippen molar-refractivity contribution in [2.45, 2.75) is 12.5 Å². The molecule has 0 saturated carbocycles. The summed E-state index contributed by atoms with van der Waals surface area (Å²) in [5.74, 6) is -0.410. The second-order valence-electron chi connectivity index (χ2n) is 4.40. The summed E-state index contributed by atoms with van der Waals surface area (Å²) in [6.45, 7) is 0.588. The molecule has 1 aromatic rings. The van der Waals surface area contributed by atoms with Crippen LogP contribution in [0, 0.1) is 0 Å². The molecule has 1 fully saturated rings. The van der Waals surface area contributed by atoms with Crippen LogP contribution in [0.25, 0.3) is 0 Å². The summed E-state index contributed by atoms with van der Waals surface area (Å²) in [5, 5.41) is 0. The van der Waals surface area contributed by atoms with Crippen molar-refractivity contribution < 1.29 is 19.1 Å². The van der Waals surface area contributed by atoms with Crippen LogP contribution in [-0.2, 0) is 9.53 Å². The first-order valence-electron chi connectivity index (χ1n) is 5.92. The largest absolute Gasteiger partial charge is 0.496 e. The molecule has 1 unspecified atom stereocenters. The van der Waals surface area contributed by atoms with Gasteiger partial charge in [-0.25, -0.2) is 4.79 Å². The van der Waals surface area contributed by atoms with Crippen molar-refractivity contribution in [2.24, 2.45) is 0 Å². The quantitative estimate of drug-likeness (QED) is 0.640. The number of rotatable bonds is 3. The van der Waals surface area contributed by atoms with Gasteiger partial charge in [0.2, 0.25) is 0 Å². The van der Waals surface area contributed by atoms with Crippen LogP contribution in [0.5, 0.6) is 5.75 Å². The molecule has 6 heteroatoms. The van der Waals surface area contributed by atoms with Crippen molar-refractivity contribution in [3.05, 3.63) is 23.8 Å². The Morgan fingerprint density at radius 1 is 1.47 bits per heavy atom. The van der Waals surface area contributed by atoms with E-state index in [0.29, 0.717) is 24.4 Å². The number of carbonyl (C=O) groups excluding carboxylic acids is 2. The van der Waals surface area contributed by atoms with Crippen LogP contribution in [0.1, 0.15) is 16.8 Å². The van der Waals surface area contributed by atoms with E-state index in [0.717, 1.165) is 0 Å². The molecule has 1 aromatic carbocycles. The SMILES string of the molecule is COc1ccc(N)cc1C(=O)OC1CCN(C)C1=O. The van der Waals surface area contributed by atoms with Crippen molar-refractivity contribution in [1.29, 1.82) is 0 Å². The number of methoxy groups -OCH3 is 1. The maximum atomic E-state index is 12.1. The van der Waals surface area contributed by atoms with E-state index >= 15 is 0 Å². The second-order valence-corrected chi connectivity index (χ2v) is 4.40. The predicted octanol–water partition coefficient (Wildman–Crippen LogP) is 0.665. The summed E-state index contributed by atoms with van der Waals surface area (Å²) >= 11 is 0. The van der Waals surface area contributed by atoms with Gasteiger partial charge in [0, 0.05) is 25.7 Å². The molecule has 1 atom stereocenters. The number of hydrogen-bond acceptors (Lipinski definition) is 5. The Bertz CT molecular complexity index is 515. The number of hydrogen-bond donors (Lipinski definition) is 1. The average molecular weight is 264 g/mol. The Balaban J connectivity index is 2.16. The highest BCUT2D eigenvalue weighted by atomic mass is 16.6. The van der Waals surface area contributed by atoms with E-state index in [1.165, 1.54) is 18.1 Å². The number of amides is 1. The summed E-state index contributed by atoms with van der Waals surface area (Å²) in [6, 6.07) is 4.70. The molecule has 1 amide bonds. The highest BCUT2D eigenvalue weighted by Crippen LogP contribution is 2.23. The molecule has 0 aliphatic carbocycles. The first-order chi connectivity index (χ1) is 9.02. The van der Waals surface area contributed by atoms with E-state index < -0.39 is 12.1 Å². The topological polar surface area (TPSA) is 81.9 Å². The number of likely N-dealkylation sites (N-methyl/N-ethyl adjacent to an activating group) is 1. The zero-order valence-electron chi connectivity index (χ0n) is 10.9. The molecule has 1 heterocycles. The van der Waals surface area contributed by atoms with Crippen molar-refractivity contribution in [2.75, 3.05) is 26.4 Å². The normalized spacial score (nSPS) is 18.5. The molecule has 102 valence electrons. The summed E-state index contributed by atoms with van der Waals surface area (Å²) in [4.78, 5) is 25.3. The summed E-state index contributed by atoms with van der Waals surface area (Å²) < 4.78 is 10.3. The molecule has 0 radical (unpaired) electrons. The Labute approximate surface area is 111 Å². The standard InChI is InChI=1S/C13H16N2O4/c1-15-6-5-11(12(15)16)19-13(17)9-7-8(14)3-4-10(9)18-2/h3-4,7,11H,5-6,14H2,1-2H3. The van der Waals surface area contributed by atoms with Gasteiger partial charge in [0.05, 0.1) is 7.11 Å². The van der Waals surface area contributed by atoms with Gasteiger partial charge in [0.25, 0.3) is 5.91 Å². The van der Waals surface area contributed by atoms with E-state index in [1.807, 2.05) is 0 Å². The third kappa shape index (κ3) is 2.62. The van der Waals surface area contributed by atoms with E-state index in [4.69, 9.17) is 15.2 Å². The van der Waals surface area contributed by atoms with Crippen LogP contribution in [0.4, 0.5) is 5.69 Å². The molecular weight excluding hydrogens is 248 g/mol. The highest BCUT2D eigenvalue weighted by molar-refractivity contribution is 5.96. The third-order valence-corrected chi connectivity index (χ3v) is 3.07. The number of likely N-dealkylation sites (tertiary alicyclic amines) is 1. The fraction of sp³-hybridized carbons (Fsp3) is 0.385. The van der Waals surface area contributed by atoms with Crippen molar-refractivity contribution in [3.8, 4) is 5.75 Å².